The number of carbonyl (C=O) groups is 1. The van der Waals surface area contributed by atoms with Gasteiger partial charge in [0.05, 0.1) is 17.5 Å². The third-order valence-electron chi connectivity index (χ3n) is 5.21. The molecular formula is C18H22N4O3S. The Bertz CT molecular complexity index is 910. The van der Waals surface area contributed by atoms with Gasteiger partial charge in [-0.25, -0.2) is 8.42 Å². The van der Waals surface area contributed by atoms with Crippen molar-refractivity contribution < 1.29 is 13.2 Å². The topological polar surface area (TPSA) is 75.5 Å². The van der Waals surface area contributed by atoms with Gasteiger partial charge in [0.1, 0.15) is 5.69 Å². The zero-order valence-corrected chi connectivity index (χ0v) is 15.5. The maximum absolute atomic E-state index is 12.9. The van der Waals surface area contributed by atoms with E-state index in [1.54, 1.807) is 28.9 Å². The lowest BCUT2D eigenvalue weighted by molar-refractivity contribution is 0.0301. The van der Waals surface area contributed by atoms with Gasteiger partial charge in [0, 0.05) is 38.9 Å². The van der Waals surface area contributed by atoms with Crippen LogP contribution >= 0.6 is 0 Å². The van der Waals surface area contributed by atoms with Gasteiger partial charge in [-0.05, 0) is 11.6 Å². The van der Waals surface area contributed by atoms with Crippen LogP contribution in [0.1, 0.15) is 16.1 Å². The van der Waals surface area contributed by atoms with E-state index in [0.717, 1.165) is 5.56 Å². The maximum atomic E-state index is 12.9. The lowest BCUT2D eigenvalue weighted by Crippen LogP contribution is -2.60. The number of benzene rings is 1. The minimum atomic E-state index is -3.16. The van der Waals surface area contributed by atoms with Crippen LogP contribution in [0.15, 0.2) is 42.6 Å². The summed E-state index contributed by atoms with van der Waals surface area (Å²) in [6.07, 6.45) is 1.72. The molecule has 1 aromatic carbocycles. The van der Waals surface area contributed by atoms with Gasteiger partial charge in [-0.15, -0.1) is 0 Å². The molecule has 2 fully saturated rings. The summed E-state index contributed by atoms with van der Waals surface area (Å²) in [5.74, 6) is -0.0463. The van der Waals surface area contributed by atoms with E-state index >= 15 is 0 Å². The number of fused-ring (bicyclic) bond motifs is 1. The van der Waals surface area contributed by atoms with E-state index in [2.05, 4.69) is 10.00 Å². The van der Waals surface area contributed by atoms with Crippen molar-refractivity contribution >= 4 is 15.7 Å². The molecular weight excluding hydrogens is 352 g/mol. The molecule has 0 bridgehead atoms. The molecule has 3 heterocycles. The van der Waals surface area contributed by atoms with E-state index in [1.807, 2.05) is 30.3 Å². The fraction of sp³-hybridized carbons (Fsp3) is 0.444. The number of carbonyl (C=O) groups excluding carboxylic acids is 1. The molecule has 2 aliphatic heterocycles. The van der Waals surface area contributed by atoms with Crippen LogP contribution in [0.2, 0.25) is 0 Å². The first-order chi connectivity index (χ1) is 12.4. The number of hydrogen-bond donors (Lipinski definition) is 0. The van der Waals surface area contributed by atoms with E-state index in [0.29, 0.717) is 25.3 Å². The van der Waals surface area contributed by atoms with Gasteiger partial charge in [-0.2, -0.15) is 5.10 Å². The summed E-state index contributed by atoms with van der Waals surface area (Å²) >= 11 is 0. The van der Waals surface area contributed by atoms with Crippen LogP contribution in [0.25, 0.3) is 0 Å². The lowest BCUT2D eigenvalue weighted by Gasteiger charge is -2.43. The first-order valence-corrected chi connectivity index (χ1v) is 10.5. The van der Waals surface area contributed by atoms with Gasteiger partial charge in [0.15, 0.2) is 9.84 Å². The highest BCUT2D eigenvalue weighted by Gasteiger charge is 2.48. The van der Waals surface area contributed by atoms with Crippen molar-refractivity contribution in [1.82, 2.24) is 19.6 Å². The Morgan fingerprint density at radius 1 is 1.12 bits per heavy atom. The summed E-state index contributed by atoms with van der Waals surface area (Å²) in [6, 6.07) is 11.2. The molecule has 1 amide bonds. The highest BCUT2D eigenvalue weighted by molar-refractivity contribution is 7.91. The van der Waals surface area contributed by atoms with Crippen molar-refractivity contribution in [2.24, 2.45) is 7.05 Å². The minimum Gasteiger partial charge on any atom is -0.330 e. The van der Waals surface area contributed by atoms with Crippen LogP contribution in [0.5, 0.6) is 0 Å². The van der Waals surface area contributed by atoms with Gasteiger partial charge in [-0.3, -0.25) is 14.4 Å². The summed E-state index contributed by atoms with van der Waals surface area (Å²) in [4.78, 5) is 16.8. The number of piperazine rings is 1. The summed E-state index contributed by atoms with van der Waals surface area (Å²) in [5, 5.41) is 4.19. The summed E-state index contributed by atoms with van der Waals surface area (Å²) < 4.78 is 26.2. The molecule has 26 heavy (non-hydrogen) atoms. The standard InChI is InChI=1S/C18H22N4O3S/c1-20-8-7-15(19-20)18(23)22-10-9-21(11-14-5-3-2-4-6-14)16-12-26(24,25)13-17(16)22/h2-8,16-17H,9-13H2,1H3/t16-,17+/m1/s1. The van der Waals surface area contributed by atoms with Crippen LogP contribution < -0.4 is 0 Å². The largest absolute Gasteiger partial charge is 0.330 e. The minimum absolute atomic E-state index is 0.0293. The first-order valence-electron chi connectivity index (χ1n) is 8.72. The zero-order valence-electron chi connectivity index (χ0n) is 14.7. The SMILES string of the molecule is Cn1ccc(C(=O)N2CCN(Cc3ccccc3)[C@@H]3CS(=O)(=O)C[C@@H]32)n1. The van der Waals surface area contributed by atoms with Crippen molar-refractivity contribution in [3.8, 4) is 0 Å². The summed E-state index contributed by atoms with van der Waals surface area (Å²) in [5.41, 5.74) is 1.52. The molecule has 2 aliphatic rings. The third-order valence-corrected chi connectivity index (χ3v) is 6.91. The van der Waals surface area contributed by atoms with Crippen molar-refractivity contribution in [3.63, 3.8) is 0 Å². The van der Waals surface area contributed by atoms with Crippen LogP contribution in [0, 0.1) is 0 Å². The highest BCUT2D eigenvalue weighted by atomic mass is 32.2. The van der Waals surface area contributed by atoms with Crippen LogP contribution in [0.4, 0.5) is 0 Å². The van der Waals surface area contributed by atoms with Crippen LogP contribution in [0.3, 0.4) is 0 Å². The summed E-state index contributed by atoms with van der Waals surface area (Å²) in [6.45, 7) is 1.87. The number of aromatic nitrogens is 2. The number of sulfone groups is 1. The number of aryl methyl sites for hydroxylation is 1. The fourth-order valence-corrected chi connectivity index (χ4v) is 5.98. The quantitative estimate of drug-likeness (QED) is 0.784. The molecule has 0 unspecified atom stereocenters. The third kappa shape index (κ3) is 3.26. The maximum Gasteiger partial charge on any atom is 0.274 e. The van der Waals surface area contributed by atoms with Gasteiger partial charge in [0.2, 0.25) is 0 Å². The molecule has 0 spiro atoms. The molecule has 0 aliphatic carbocycles. The Morgan fingerprint density at radius 3 is 2.54 bits per heavy atom. The Balaban J connectivity index is 1.58. The molecule has 2 aromatic rings. The second-order valence-electron chi connectivity index (χ2n) is 7.04. The zero-order chi connectivity index (χ0) is 18.3. The molecule has 1 aromatic heterocycles. The average Bonchev–Trinajstić information content (AvgIpc) is 3.18. The van der Waals surface area contributed by atoms with Gasteiger partial charge in [-0.1, -0.05) is 30.3 Å². The van der Waals surface area contributed by atoms with E-state index in [4.69, 9.17) is 0 Å². The van der Waals surface area contributed by atoms with Crippen molar-refractivity contribution in [2.75, 3.05) is 24.6 Å². The molecule has 8 heteroatoms. The lowest BCUT2D eigenvalue weighted by atomic mass is 10.0. The van der Waals surface area contributed by atoms with Crippen LogP contribution in [-0.4, -0.2) is 70.6 Å². The van der Waals surface area contributed by atoms with Crippen molar-refractivity contribution in [3.05, 3.63) is 53.9 Å². The molecule has 0 radical (unpaired) electrons. The Hall–Kier alpha value is -2.19. The molecule has 0 saturated carbocycles. The fourth-order valence-electron chi connectivity index (χ4n) is 3.97. The molecule has 2 saturated heterocycles. The first kappa shape index (κ1) is 17.2. The van der Waals surface area contributed by atoms with E-state index in [9.17, 15) is 13.2 Å². The molecule has 7 nitrogen and oxygen atoms in total. The highest BCUT2D eigenvalue weighted by Crippen LogP contribution is 2.29. The van der Waals surface area contributed by atoms with Gasteiger partial charge < -0.3 is 4.90 Å². The second kappa shape index (κ2) is 6.51. The van der Waals surface area contributed by atoms with Crippen LogP contribution in [-0.2, 0) is 23.4 Å². The Labute approximate surface area is 153 Å². The van der Waals surface area contributed by atoms with Crippen molar-refractivity contribution in [1.29, 1.82) is 0 Å². The smallest absolute Gasteiger partial charge is 0.274 e. The Morgan fingerprint density at radius 2 is 1.85 bits per heavy atom. The van der Waals surface area contributed by atoms with Gasteiger partial charge in [0.25, 0.3) is 5.91 Å². The molecule has 138 valence electrons. The van der Waals surface area contributed by atoms with E-state index in [1.165, 1.54) is 0 Å². The number of nitrogens with zero attached hydrogens (tertiary/aromatic N) is 4. The molecule has 4 rings (SSSR count). The molecule has 2 atom stereocenters. The predicted molar refractivity (Wildman–Crippen MR) is 97.3 cm³/mol. The molecule has 0 N–H and O–H groups in total. The van der Waals surface area contributed by atoms with Gasteiger partial charge >= 0.3 is 0 Å². The normalized spacial score (nSPS) is 25.2. The monoisotopic (exact) mass is 374 g/mol. The number of amides is 1. The number of hydrogen-bond acceptors (Lipinski definition) is 5. The van der Waals surface area contributed by atoms with E-state index < -0.39 is 9.84 Å². The Kier molecular flexibility index (Phi) is 4.32. The second-order valence-corrected chi connectivity index (χ2v) is 9.19. The van der Waals surface area contributed by atoms with E-state index in [-0.39, 0.29) is 29.5 Å². The van der Waals surface area contributed by atoms with Crippen molar-refractivity contribution in [2.45, 2.75) is 18.6 Å². The predicted octanol–water partition coefficient (Wildman–Crippen LogP) is 0.544. The summed E-state index contributed by atoms with van der Waals surface area (Å²) in [7, 11) is -1.40. The number of rotatable bonds is 3. The average molecular weight is 374 g/mol.